The van der Waals surface area contributed by atoms with Crippen molar-refractivity contribution >= 4 is 23.4 Å². The van der Waals surface area contributed by atoms with Gasteiger partial charge in [0.15, 0.2) is 0 Å². The van der Waals surface area contributed by atoms with Crippen LogP contribution in [0.15, 0.2) is 31.0 Å². The number of pyridine rings is 1. The van der Waals surface area contributed by atoms with Gasteiger partial charge in [-0.25, -0.2) is 15.0 Å². The van der Waals surface area contributed by atoms with Crippen LogP contribution in [0.1, 0.15) is 31.2 Å². The Morgan fingerprint density at radius 1 is 1.13 bits per heavy atom. The number of rotatable bonds is 7. The highest BCUT2D eigenvalue weighted by molar-refractivity contribution is 6.30. The maximum absolute atomic E-state index is 5.90. The average Bonchev–Trinajstić information content (AvgIpc) is 3.34. The van der Waals surface area contributed by atoms with Gasteiger partial charge in [-0.15, -0.1) is 5.10 Å². The molecule has 1 saturated heterocycles. The van der Waals surface area contributed by atoms with Crippen LogP contribution in [0.2, 0.25) is 5.02 Å². The van der Waals surface area contributed by atoms with Gasteiger partial charge >= 0.3 is 0 Å². The highest BCUT2D eigenvalue weighted by atomic mass is 35.5. The van der Waals surface area contributed by atoms with Gasteiger partial charge in [0.25, 0.3) is 0 Å². The van der Waals surface area contributed by atoms with Crippen molar-refractivity contribution in [1.82, 2.24) is 35.2 Å². The van der Waals surface area contributed by atoms with Crippen molar-refractivity contribution in [3.8, 4) is 5.69 Å². The maximum atomic E-state index is 5.90. The first-order valence-corrected chi connectivity index (χ1v) is 11.2. The van der Waals surface area contributed by atoms with E-state index in [1.807, 2.05) is 6.07 Å². The number of aryl methyl sites for hydroxylation is 1. The molecule has 31 heavy (non-hydrogen) atoms. The quantitative estimate of drug-likeness (QED) is 0.599. The largest absolute Gasteiger partial charge is 0.370 e. The van der Waals surface area contributed by atoms with E-state index < -0.39 is 0 Å². The van der Waals surface area contributed by atoms with E-state index in [2.05, 4.69) is 47.6 Å². The minimum absolute atomic E-state index is 0.585. The summed E-state index contributed by atoms with van der Waals surface area (Å²) >= 11 is 5.90. The Kier molecular flexibility index (Phi) is 5.67. The predicted octanol–water partition coefficient (Wildman–Crippen LogP) is 3.16. The number of piperidine rings is 1. The first-order valence-electron chi connectivity index (χ1n) is 10.8. The fourth-order valence-corrected chi connectivity index (χ4v) is 4.80. The van der Waals surface area contributed by atoms with Crippen molar-refractivity contribution < 1.29 is 0 Å². The molecule has 3 aromatic heterocycles. The Bertz CT molecular complexity index is 1000. The molecule has 0 bridgehead atoms. The van der Waals surface area contributed by atoms with E-state index in [9.17, 15) is 0 Å². The fourth-order valence-electron chi connectivity index (χ4n) is 4.70. The highest BCUT2D eigenvalue weighted by Gasteiger charge is 2.43. The Morgan fingerprint density at radius 2 is 1.94 bits per heavy atom. The van der Waals surface area contributed by atoms with Crippen LogP contribution >= 0.6 is 11.6 Å². The van der Waals surface area contributed by atoms with Crippen molar-refractivity contribution in [2.45, 2.75) is 32.6 Å². The smallest absolute Gasteiger partial charge is 0.225 e. The van der Waals surface area contributed by atoms with Crippen molar-refractivity contribution in [1.29, 1.82) is 0 Å². The minimum Gasteiger partial charge on any atom is -0.370 e. The van der Waals surface area contributed by atoms with Gasteiger partial charge in [-0.2, -0.15) is 4.68 Å². The van der Waals surface area contributed by atoms with Crippen LogP contribution in [0, 0.1) is 24.7 Å². The number of hydrogen-bond acceptors (Lipinski definition) is 8. The number of aromatic nitrogens is 7. The van der Waals surface area contributed by atoms with E-state index in [1.54, 1.807) is 29.6 Å². The molecule has 2 fully saturated rings. The molecule has 0 unspecified atom stereocenters. The Morgan fingerprint density at radius 3 is 2.65 bits per heavy atom. The van der Waals surface area contributed by atoms with Crippen LogP contribution in [0.5, 0.6) is 0 Å². The van der Waals surface area contributed by atoms with Gasteiger partial charge in [0.2, 0.25) is 5.95 Å². The van der Waals surface area contributed by atoms with Gasteiger partial charge in [-0.1, -0.05) is 11.6 Å². The summed E-state index contributed by atoms with van der Waals surface area (Å²) in [5.74, 6) is 4.26. The molecule has 5 rings (SSSR count). The van der Waals surface area contributed by atoms with Gasteiger partial charge in [-0.3, -0.25) is 0 Å². The van der Waals surface area contributed by atoms with E-state index in [0.717, 1.165) is 60.4 Å². The van der Waals surface area contributed by atoms with E-state index in [4.69, 9.17) is 11.6 Å². The van der Waals surface area contributed by atoms with Crippen LogP contribution in [0.25, 0.3) is 5.69 Å². The van der Waals surface area contributed by atoms with Crippen molar-refractivity contribution in [2.75, 3.05) is 29.9 Å². The second-order valence-electron chi connectivity index (χ2n) is 8.51. The van der Waals surface area contributed by atoms with Gasteiger partial charge in [-0.05, 0) is 72.4 Å². The third-order valence-electron chi connectivity index (χ3n) is 6.50. The molecule has 3 aromatic rings. The van der Waals surface area contributed by atoms with E-state index in [-0.39, 0.29) is 0 Å². The van der Waals surface area contributed by atoms with Crippen molar-refractivity contribution in [3.05, 3.63) is 41.6 Å². The molecule has 2 atom stereocenters. The van der Waals surface area contributed by atoms with Crippen LogP contribution in [0.4, 0.5) is 11.8 Å². The summed E-state index contributed by atoms with van der Waals surface area (Å²) in [7, 11) is 0. The molecule has 10 heteroatoms. The molecular formula is C21H26ClN9. The average molecular weight is 440 g/mol. The number of anilines is 2. The number of halogens is 1. The van der Waals surface area contributed by atoms with Gasteiger partial charge in [0.05, 0.1) is 29.3 Å². The highest BCUT2D eigenvalue weighted by Crippen LogP contribution is 2.49. The monoisotopic (exact) mass is 439 g/mol. The second-order valence-corrected chi connectivity index (χ2v) is 8.95. The molecule has 162 valence electrons. The molecule has 0 spiro atoms. The Labute approximate surface area is 186 Å². The molecule has 9 nitrogen and oxygen atoms in total. The van der Waals surface area contributed by atoms with Crippen molar-refractivity contribution in [3.63, 3.8) is 0 Å². The normalized spacial score (nSPS) is 21.3. The number of tetrazole rings is 1. The maximum Gasteiger partial charge on any atom is 0.225 e. The molecule has 0 aromatic carbocycles. The lowest BCUT2D eigenvalue weighted by Gasteiger charge is -2.32. The van der Waals surface area contributed by atoms with Crippen LogP contribution in [-0.2, 0) is 0 Å². The summed E-state index contributed by atoms with van der Waals surface area (Å²) in [4.78, 5) is 15.5. The summed E-state index contributed by atoms with van der Waals surface area (Å²) in [5, 5.41) is 15.3. The number of nitrogens with one attached hydrogen (secondary N) is 1. The molecular weight excluding hydrogens is 414 g/mol. The summed E-state index contributed by atoms with van der Waals surface area (Å²) < 4.78 is 1.61. The first-order chi connectivity index (χ1) is 15.2. The lowest BCUT2D eigenvalue weighted by atomic mass is 9.90. The topological polar surface area (TPSA) is 97.5 Å². The number of nitrogens with zero attached hydrogens (tertiary/aromatic N) is 8. The summed E-state index contributed by atoms with van der Waals surface area (Å²) in [6.45, 7) is 5.08. The zero-order chi connectivity index (χ0) is 21.2. The molecule has 1 saturated carbocycles. The predicted molar refractivity (Wildman–Crippen MR) is 118 cm³/mol. The minimum atomic E-state index is 0.585. The SMILES string of the molecule is Cc1cc(-n2cnnn2)cnc1NCC[C@@H]1C[C@@H]1C1CCN(c2ncc(Cl)cn2)CC1. The van der Waals surface area contributed by atoms with E-state index >= 15 is 0 Å². The lowest BCUT2D eigenvalue weighted by molar-refractivity contribution is 0.343. The molecule has 0 radical (unpaired) electrons. The summed E-state index contributed by atoms with van der Waals surface area (Å²) in [6.07, 6.45) is 11.7. The third-order valence-corrected chi connectivity index (χ3v) is 6.69. The Hall–Kier alpha value is -2.81. The second kappa shape index (κ2) is 8.74. The van der Waals surface area contributed by atoms with Crippen LogP contribution in [-0.4, -0.2) is 54.8 Å². The summed E-state index contributed by atoms with van der Waals surface area (Å²) in [6, 6.07) is 2.05. The summed E-state index contributed by atoms with van der Waals surface area (Å²) in [5.41, 5.74) is 1.96. The standard InChI is InChI=1S/C21H26ClN9/c1-14-8-18(31-13-27-28-29-31)12-24-20(14)23-5-2-16-9-19(16)15-3-6-30(7-4-15)21-25-10-17(22)11-26-21/h8,10-13,15-16,19H,2-7,9H2,1H3,(H,23,24)/t16-,19-/m1/s1. The fraction of sp³-hybridized carbons (Fsp3) is 0.524. The zero-order valence-corrected chi connectivity index (χ0v) is 18.3. The molecule has 4 heterocycles. The van der Waals surface area contributed by atoms with Gasteiger partial charge in [0.1, 0.15) is 12.1 Å². The molecule has 1 aliphatic carbocycles. The molecule has 1 N–H and O–H groups in total. The van der Waals surface area contributed by atoms with Crippen molar-refractivity contribution in [2.24, 2.45) is 17.8 Å². The Balaban J connectivity index is 1.06. The van der Waals surface area contributed by atoms with Gasteiger partial charge < -0.3 is 10.2 Å². The van der Waals surface area contributed by atoms with Gasteiger partial charge in [0, 0.05) is 19.6 Å². The lowest BCUT2D eigenvalue weighted by Crippen LogP contribution is -2.35. The first kappa shape index (κ1) is 20.1. The number of hydrogen-bond donors (Lipinski definition) is 1. The molecule has 0 amide bonds. The third kappa shape index (κ3) is 4.61. The van der Waals surface area contributed by atoms with E-state index in [1.165, 1.54) is 25.7 Å². The van der Waals surface area contributed by atoms with Crippen LogP contribution < -0.4 is 10.2 Å². The van der Waals surface area contributed by atoms with E-state index in [0.29, 0.717) is 5.02 Å². The molecule has 2 aliphatic rings. The molecule has 1 aliphatic heterocycles. The zero-order valence-electron chi connectivity index (χ0n) is 17.5. The van der Waals surface area contributed by atoms with Crippen LogP contribution in [0.3, 0.4) is 0 Å².